The topological polar surface area (TPSA) is 166 Å². The summed E-state index contributed by atoms with van der Waals surface area (Å²) in [6.07, 6.45) is 0.604. The third-order valence-electron chi connectivity index (χ3n) is 11.1. The third kappa shape index (κ3) is 3.51. The molecule has 0 amide bonds. The van der Waals surface area contributed by atoms with Crippen LogP contribution < -0.4 is 0 Å². The highest BCUT2D eigenvalue weighted by Crippen LogP contribution is 2.71. The molecule has 0 aliphatic heterocycles. The van der Waals surface area contributed by atoms with E-state index in [2.05, 4.69) is 0 Å². The van der Waals surface area contributed by atoms with Crippen molar-refractivity contribution < 1.29 is 44.4 Å². The zero-order valence-corrected chi connectivity index (χ0v) is 23.8. The van der Waals surface area contributed by atoms with Crippen molar-refractivity contribution in [2.75, 3.05) is 0 Å². The third-order valence-corrected chi connectivity index (χ3v) is 11.1. The summed E-state index contributed by atoms with van der Waals surface area (Å²) in [6, 6.07) is 0. The molecule has 0 bridgehead atoms. The summed E-state index contributed by atoms with van der Waals surface area (Å²) < 4.78 is 0. The maximum Gasteiger partial charge on any atom is 0.306 e. The van der Waals surface area contributed by atoms with Gasteiger partial charge in [0.05, 0.1) is 28.5 Å². The Labute approximate surface area is 228 Å². The van der Waals surface area contributed by atoms with Gasteiger partial charge in [-0.2, -0.15) is 0 Å². The van der Waals surface area contributed by atoms with Crippen LogP contribution in [0.25, 0.3) is 0 Å². The van der Waals surface area contributed by atoms with Gasteiger partial charge in [0.1, 0.15) is 11.6 Å². The van der Waals surface area contributed by atoms with Gasteiger partial charge < -0.3 is 20.4 Å². The fourth-order valence-corrected chi connectivity index (χ4v) is 8.40. The van der Waals surface area contributed by atoms with E-state index in [1.165, 1.54) is 39.8 Å². The summed E-state index contributed by atoms with van der Waals surface area (Å²) >= 11 is 0. The highest BCUT2D eigenvalue weighted by molar-refractivity contribution is 6.07. The first-order valence-corrected chi connectivity index (χ1v) is 13.6. The van der Waals surface area contributed by atoms with E-state index < -0.39 is 80.5 Å². The van der Waals surface area contributed by atoms with Crippen LogP contribution in [0.5, 0.6) is 0 Å². The number of allylic oxidation sites excluding steroid dienone is 1. The van der Waals surface area contributed by atoms with Gasteiger partial charge in [-0.15, -0.1) is 0 Å². The highest BCUT2D eigenvalue weighted by atomic mass is 16.4. The minimum absolute atomic E-state index is 0.00859. The maximum atomic E-state index is 14.1. The van der Waals surface area contributed by atoms with E-state index in [4.69, 9.17) is 5.11 Å². The molecule has 4 N–H and O–H groups in total. The van der Waals surface area contributed by atoms with Gasteiger partial charge in [0.15, 0.2) is 17.2 Å². The molecule has 4 rings (SSSR count). The van der Waals surface area contributed by atoms with E-state index in [1.54, 1.807) is 13.8 Å². The molecular weight excluding hydrogens is 504 g/mol. The molecule has 39 heavy (non-hydrogen) atoms. The molecule has 0 aromatic rings. The molecule has 0 aromatic carbocycles. The van der Waals surface area contributed by atoms with Crippen LogP contribution in [-0.4, -0.2) is 66.8 Å². The number of Topliss-reactive ketones (excluding diaryl/α,β-unsaturated/α-hetero) is 3. The van der Waals surface area contributed by atoms with Crippen LogP contribution >= 0.6 is 0 Å². The number of carbonyl (C=O) groups is 5. The van der Waals surface area contributed by atoms with Gasteiger partial charge in [0.25, 0.3) is 0 Å². The Morgan fingerprint density at radius 1 is 1.10 bits per heavy atom. The van der Waals surface area contributed by atoms with Crippen LogP contribution in [0.4, 0.5) is 0 Å². The van der Waals surface area contributed by atoms with Gasteiger partial charge >= 0.3 is 5.97 Å². The number of carboxylic acid groups (broad SMARTS) is 1. The minimum Gasteiger partial charge on any atom is -0.481 e. The van der Waals surface area contributed by atoms with Crippen LogP contribution in [0.1, 0.15) is 80.6 Å². The van der Waals surface area contributed by atoms with Crippen LogP contribution in [0.15, 0.2) is 23.3 Å². The Balaban J connectivity index is 1.84. The monoisotopic (exact) mass is 544 g/mol. The van der Waals surface area contributed by atoms with E-state index in [1.807, 2.05) is 6.92 Å². The van der Waals surface area contributed by atoms with E-state index in [-0.39, 0.29) is 36.2 Å². The highest BCUT2D eigenvalue weighted by Gasteiger charge is 2.78. The first kappa shape index (κ1) is 29.5. The van der Waals surface area contributed by atoms with Gasteiger partial charge in [-0.1, -0.05) is 40.7 Å². The van der Waals surface area contributed by atoms with Gasteiger partial charge in [-0.25, -0.2) is 0 Å². The SMILES string of the molecule is CC(CC(=O)CC(C)(O)C1=C[C@@H](O)[C@]2(C)[C@]1(C)C(=O)C=C1[C@@]2(O)C(=O)CC2C(C)(C)C(=O)CC[C@]12C)C(=O)O. The number of carboxylic acids is 1. The summed E-state index contributed by atoms with van der Waals surface area (Å²) in [7, 11) is 0. The summed E-state index contributed by atoms with van der Waals surface area (Å²) in [5.41, 5.74) is -9.33. The Kier molecular flexibility index (Phi) is 6.43. The summed E-state index contributed by atoms with van der Waals surface area (Å²) in [6.45, 7) is 11.1. The number of aliphatic hydroxyl groups excluding tert-OH is 1. The Morgan fingerprint density at radius 2 is 1.69 bits per heavy atom. The van der Waals surface area contributed by atoms with Crippen molar-refractivity contribution in [2.24, 2.45) is 33.5 Å². The van der Waals surface area contributed by atoms with Gasteiger partial charge in [-0.3, -0.25) is 24.0 Å². The second-order valence-electron chi connectivity index (χ2n) is 13.7. The molecule has 9 heteroatoms. The number of rotatable bonds is 6. The molecule has 0 spiro atoms. The zero-order chi connectivity index (χ0) is 29.7. The average Bonchev–Trinajstić information content (AvgIpc) is 3.04. The van der Waals surface area contributed by atoms with E-state index >= 15 is 0 Å². The number of ketones is 4. The fraction of sp³-hybridized carbons (Fsp3) is 0.700. The van der Waals surface area contributed by atoms with Gasteiger partial charge in [0.2, 0.25) is 0 Å². The van der Waals surface area contributed by atoms with Crippen molar-refractivity contribution in [3.8, 4) is 0 Å². The molecule has 0 aromatic heterocycles. The quantitative estimate of drug-likeness (QED) is 0.367. The van der Waals surface area contributed by atoms with E-state index in [0.717, 1.165) is 0 Å². The predicted octanol–water partition coefficient (Wildman–Crippen LogP) is 2.35. The molecule has 0 saturated heterocycles. The van der Waals surface area contributed by atoms with Crippen molar-refractivity contribution in [1.82, 2.24) is 0 Å². The van der Waals surface area contributed by atoms with E-state index in [9.17, 15) is 39.3 Å². The van der Waals surface area contributed by atoms with Crippen molar-refractivity contribution in [1.29, 1.82) is 0 Å². The minimum atomic E-state index is -2.27. The average molecular weight is 545 g/mol. The van der Waals surface area contributed by atoms with Crippen molar-refractivity contribution in [2.45, 2.75) is 97.9 Å². The standard InChI is InChI=1S/C30H40O9/c1-15(24(36)37)10-16(31)14-27(5,38)19-13-22(34)29(7)28(19,6)21(33)12-18-26(4)9-8-20(32)25(2,3)17(26)11-23(35)30(18,29)39/h12-13,15,17,22,34,38-39H,8-11,14H2,1-7H3,(H,36,37)/t15?,17?,22-,26+,27?,28+,29-,30-/m1/s1. The predicted molar refractivity (Wildman–Crippen MR) is 139 cm³/mol. The first-order chi connectivity index (χ1) is 17.6. The molecule has 2 saturated carbocycles. The number of hydrogen-bond donors (Lipinski definition) is 4. The number of hydrogen-bond acceptors (Lipinski definition) is 8. The summed E-state index contributed by atoms with van der Waals surface area (Å²) in [5, 5.41) is 44.7. The molecule has 8 atom stereocenters. The molecule has 4 aliphatic carbocycles. The lowest BCUT2D eigenvalue weighted by Crippen LogP contribution is -2.73. The van der Waals surface area contributed by atoms with Crippen molar-refractivity contribution in [3.63, 3.8) is 0 Å². The van der Waals surface area contributed by atoms with Crippen LogP contribution in [0.2, 0.25) is 0 Å². The van der Waals surface area contributed by atoms with Crippen molar-refractivity contribution >= 4 is 29.1 Å². The molecule has 9 nitrogen and oxygen atoms in total. The Bertz CT molecular complexity index is 1250. The maximum absolute atomic E-state index is 14.1. The zero-order valence-electron chi connectivity index (χ0n) is 23.8. The fourth-order valence-electron chi connectivity index (χ4n) is 8.40. The van der Waals surface area contributed by atoms with Crippen LogP contribution in [0.3, 0.4) is 0 Å². The lowest BCUT2D eigenvalue weighted by Gasteiger charge is -2.64. The smallest absolute Gasteiger partial charge is 0.306 e. The van der Waals surface area contributed by atoms with Crippen molar-refractivity contribution in [3.05, 3.63) is 23.3 Å². The van der Waals surface area contributed by atoms with Gasteiger partial charge in [-0.05, 0) is 48.8 Å². The molecule has 3 unspecified atom stereocenters. The molecule has 2 fully saturated rings. The largest absolute Gasteiger partial charge is 0.481 e. The molecule has 0 radical (unpaired) electrons. The molecular formula is C30H40O9. The molecule has 4 aliphatic rings. The second-order valence-corrected chi connectivity index (χ2v) is 13.7. The second kappa shape index (κ2) is 8.51. The van der Waals surface area contributed by atoms with E-state index in [0.29, 0.717) is 6.42 Å². The van der Waals surface area contributed by atoms with Crippen LogP contribution in [-0.2, 0) is 24.0 Å². The first-order valence-electron chi connectivity index (χ1n) is 13.6. The number of carbonyl (C=O) groups excluding carboxylic acids is 4. The van der Waals surface area contributed by atoms with Crippen LogP contribution in [0, 0.1) is 33.5 Å². The summed E-state index contributed by atoms with van der Waals surface area (Å²) in [5.74, 6) is -4.23. The lowest BCUT2D eigenvalue weighted by atomic mass is 9.38. The molecule has 214 valence electrons. The van der Waals surface area contributed by atoms with Gasteiger partial charge in [0, 0.05) is 31.1 Å². The Morgan fingerprint density at radius 3 is 2.26 bits per heavy atom. The number of fused-ring (bicyclic) bond motifs is 5. The normalized spacial score (nSPS) is 41.4. The summed E-state index contributed by atoms with van der Waals surface area (Å²) in [4.78, 5) is 64.9. The lowest BCUT2D eigenvalue weighted by molar-refractivity contribution is -0.195. The number of aliphatic hydroxyl groups is 3. The Hall–Kier alpha value is -2.49. The molecule has 0 heterocycles. The number of aliphatic carboxylic acids is 1.